The van der Waals surface area contributed by atoms with Gasteiger partial charge in [0.15, 0.2) is 23.1 Å². The van der Waals surface area contributed by atoms with Crippen molar-refractivity contribution >= 4 is 34.4 Å². The molecule has 0 bridgehead atoms. The maximum atomic E-state index is 15.5. The number of nitrogens with zero attached hydrogens (tertiary/aromatic N) is 5. The van der Waals surface area contributed by atoms with E-state index in [4.69, 9.17) is 14.2 Å². The fourth-order valence-electron chi connectivity index (χ4n) is 4.57. The fourth-order valence-corrected chi connectivity index (χ4v) is 4.98. The first-order valence-electron chi connectivity index (χ1n) is 12.3. The van der Waals surface area contributed by atoms with E-state index in [1.807, 2.05) is 0 Å². The third-order valence-electron chi connectivity index (χ3n) is 6.29. The zero-order chi connectivity index (χ0) is 28.6. The first kappa shape index (κ1) is 28.5. The van der Waals surface area contributed by atoms with Crippen molar-refractivity contribution in [2.24, 2.45) is 0 Å². The molecule has 39 heavy (non-hydrogen) atoms. The van der Waals surface area contributed by atoms with Crippen LogP contribution in [0.4, 0.5) is 29.9 Å². The SMILES string of the molecule is COc1cc(OC)c(F)c(N2Cc3cnc(S(C)=O)nc3N(C3CCCCN3C(=O)OC(C)(C)C)C2=O)c1F. The highest BCUT2D eigenvalue weighted by Gasteiger charge is 2.45. The Balaban J connectivity index is 1.89. The highest BCUT2D eigenvalue weighted by Crippen LogP contribution is 2.42. The van der Waals surface area contributed by atoms with Crippen LogP contribution >= 0.6 is 0 Å². The van der Waals surface area contributed by atoms with Crippen molar-refractivity contribution in [2.75, 3.05) is 36.8 Å². The van der Waals surface area contributed by atoms with Crippen molar-refractivity contribution in [3.63, 3.8) is 0 Å². The average molecular weight is 568 g/mol. The number of hydrogen-bond donors (Lipinski definition) is 0. The number of rotatable bonds is 5. The lowest BCUT2D eigenvalue weighted by Gasteiger charge is -2.46. The van der Waals surface area contributed by atoms with E-state index in [9.17, 15) is 13.8 Å². The number of carbonyl (C=O) groups excluding carboxylic acids is 2. The van der Waals surface area contributed by atoms with E-state index in [0.29, 0.717) is 24.8 Å². The van der Waals surface area contributed by atoms with E-state index in [1.54, 1.807) is 20.8 Å². The van der Waals surface area contributed by atoms with Gasteiger partial charge in [-0.05, 0) is 40.0 Å². The monoisotopic (exact) mass is 567 g/mol. The van der Waals surface area contributed by atoms with E-state index >= 15 is 8.78 Å². The molecule has 4 rings (SSSR count). The quantitative estimate of drug-likeness (QED) is 0.494. The number of likely N-dealkylation sites (tertiary alicyclic amines) is 1. The van der Waals surface area contributed by atoms with Gasteiger partial charge in [0.2, 0.25) is 5.16 Å². The molecule has 1 saturated heterocycles. The number of hydrogen-bond acceptors (Lipinski definition) is 8. The Morgan fingerprint density at radius 3 is 2.33 bits per heavy atom. The molecule has 14 heteroatoms. The molecule has 0 radical (unpaired) electrons. The largest absolute Gasteiger partial charge is 0.493 e. The standard InChI is InChI=1S/C25H31F2N5O6S/c1-25(2,3)38-24(34)30-10-8-7-9-17(30)32-21-14(12-28-22(29-21)39(6)35)13-31(23(32)33)20-18(26)15(36-4)11-16(37-5)19(20)27/h11-12,17H,7-10,13H2,1-6H3. The van der Waals surface area contributed by atoms with Crippen molar-refractivity contribution in [3.05, 3.63) is 29.5 Å². The maximum absolute atomic E-state index is 15.5. The summed E-state index contributed by atoms with van der Waals surface area (Å²) in [4.78, 5) is 39.4. The van der Waals surface area contributed by atoms with Gasteiger partial charge >= 0.3 is 12.1 Å². The number of carbonyl (C=O) groups is 2. The molecule has 1 fully saturated rings. The molecule has 2 atom stereocenters. The highest BCUT2D eigenvalue weighted by atomic mass is 32.2. The number of amides is 3. The van der Waals surface area contributed by atoms with Gasteiger partial charge in [-0.15, -0.1) is 0 Å². The number of aromatic nitrogens is 2. The molecule has 2 aliphatic heterocycles. The molecule has 11 nitrogen and oxygen atoms in total. The fraction of sp³-hybridized carbons (Fsp3) is 0.520. The van der Waals surface area contributed by atoms with E-state index < -0.39 is 52.0 Å². The normalized spacial score (nSPS) is 18.5. The highest BCUT2D eigenvalue weighted by molar-refractivity contribution is 7.84. The van der Waals surface area contributed by atoms with E-state index in [0.717, 1.165) is 11.0 Å². The number of halogens is 2. The number of ether oxygens (including phenoxy) is 3. The Kier molecular flexibility index (Phi) is 7.96. The molecule has 3 amide bonds. The lowest BCUT2D eigenvalue weighted by molar-refractivity contribution is 0.0103. The molecule has 3 heterocycles. The van der Waals surface area contributed by atoms with Crippen molar-refractivity contribution in [3.8, 4) is 11.5 Å². The van der Waals surface area contributed by atoms with E-state index in [1.165, 1.54) is 36.5 Å². The third-order valence-corrected chi connectivity index (χ3v) is 7.00. The van der Waals surface area contributed by atoms with Crippen LogP contribution in [-0.2, 0) is 22.1 Å². The minimum Gasteiger partial charge on any atom is -0.493 e. The van der Waals surface area contributed by atoms with Crippen LogP contribution in [0.2, 0.25) is 0 Å². The number of benzene rings is 1. The molecular weight excluding hydrogens is 536 g/mol. The Morgan fingerprint density at radius 2 is 1.77 bits per heavy atom. The van der Waals surface area contributed by atoms with Crippen LogP contribution in [-0.4, -0.2) is 70.0 Å². The Labute approximate surface area is 227 Å². The number of anilines is 2. The zero-order valence-corrected chi connectivity index (χ0v) is 23.4. The van der Waals surface area contributed by atoms with Crippen molar-refractivity contribution < 1.29 is 36.8 Å². The van der Waals surface area contributed by atoms with Crippen LogP contribution in [0, 0.1) is 11.6 Å². The predicted molar refractivity (Wildman–Crippen MR) is 138 cm³/mol. The lowest BCUT2D eigenvalue weighted by atomic mass is 10.1. The van der Waals surface area contributed by atoms with Gasteiger partial charge in [0, 0.05) is 30.6 Å². The van der Waals surface area contributed by atoms with Crippen molar-refractivity contribution in [1.29, 1.82) is 0 Å². The maximum Gasteiger partial charge on any atom is 0.411 e. The van der Waals surface area contributed by atoms with Crippen LogP contribution in [0.5, 0.6) is 11.5 Å². The number of piperidine rings is 1. The number of urea groups is 1. The molecule has 2 aromatic rings. The third kappa shape index (κ3) is 5.47. The summed E-state index contributed by atoms with van der Waals surface area (Å²) in [7, 11) is 0.835. The summed E-state index contributed by atoms with van der Waals surface area (Å²) in [5.41, 5.74) is -1.15. The van der Waals surface area contributed by atoms with Crippen LogP contribution < -0.4 is 19.3 Å². The van der Waals surface area contributed by atoms with Gasteiger partial charge in [-0.25, -0.2) is 28.3 Å². The van der Waals surface area contributed by atoms with Crippen molar-refractivity contribution in [2.45, 2.75) is 63.5 Å². The summed E-state index contributed by atoms with van der Waals surface area (Å²) in [5, 5.41) is -0.0277. The van der Waals surface area contributed by atoms with Crippen LogP contribution in [0.1, 0.15) is 45.6 Å². The summed E-state index contributed by atoms with van der Waals surface area (Å²) in [5.74, 6) is -2.75. The average Bonchev–Trinajstić information content (AvgIpc) is 2.88. The first-order valence-corrected chi connectivity index (χ1v) is 13.8. The second-order valence-corrected chi connectivity index (χ2v) is 11.4. The number of methoxy groups -OCH3 is 2. The molecule has 0 aliphatic carbocycles. The minimum absolute atomic E-state index is 0.0277. The summed E-state index contributed by atoms with van der Waals surface area (Å²) in [6.07, 6.45) is 2.89. The minimum atomic E-state index is -1.58. The first-order chi connectivity index (χ1) is 18.4. The van der Waals surface area contributed by atoms with Crippen LogP contribution in [0.25, 0.3) is 0 Å². The van der Waals surface area contributed by atoms with E-state index in [-0.39, 0.29) is 35.6 Å². The smallest absolute Gasteiger partial charge is 0.411 e. The molecule has 1 aromatic heterocycles. The Bertz CT molecular complexity index is 1290. The Hall–Kier alpha value is -3.55. The molecular formula is C25H31F2N5O6S. The van der Waals surface area contributed by atoms with Gasteiger partial charge in [0.1, 0.15) is 23.3 Å². The van der Waals surface area contributed by atoms with Gasteiger partial charge in [0.05, 0.1) is 31.6 Å². The summed E-state index contributed by atoms with van der Waals surface area (Å²) in [6.45, 7) is 5.16. The number of fused-ring (bicyclic) bond motifs is 1. The second-order valence-electron chi connectivity index (χ2n) is 10.1. The van der Waals surface area contributed by atoms with Crippen LogP contribution in [0.3, 0.4) is 0 Å². The molecule has 0 N–H and O–H groups in total. The summed E-state index contributed by atoms with van der Waals surface area (Å²) in [6, 6.07) is 0.202. The van der Waals surface area contributed by atoms with Gasteiger partial charge in [-0.3, -0.25) is 18.9 Å². The van der Waals surface area contributed by atoms with Gasteiger partial charge < -0.3 is 14.2 Å². The lowest BCUT2D eigenvalue weighted by Crippen LogP contribution is -2.61. The molecule has 212 valence electrons. The van der Waals surface area contributed by atoms with Crippen molar-refractivity contribution in [1.82, 2.24) is 14.9 Å². The summed E-state index contributed by atoms with van der Waals surface area (Å²) < 4.78 is 59.0. The molecule has 0 spiro atoms. The second kappa shape index (κ2) is 10.9. The molecule has 1 aromatic carbocycles. The van der Waals surface area contributed by atoms with Gasteiger partial charge in [-0.2, -0.15) is 0 Å². The van der Waals surface area contributed by atoms with Gasteiger partial charge in [0.25, 0.3) is 0 Å². The molecule has 2 unspecified atom stereocenters. The topological polar surface area (TPSA) is 114 Å². The summed E-state index contributed by atoms with van der Waals surface area (Å²) >= 11 is 0. The Morgan fingerprint density at radius 1 is 1.13 bits per heavy atom. The zero-order valence-electron chi connectivity index (χ0n) is 22.6. The molecule has 0 saturated carbocycles. The van der Waals surface area contributed by atoms with E-state index in [2.05, 4.69) is 9.97 Å². The van der Waals surface area contributed by atoms with Gasteiger partial charge in [-0.1, -0.05) is 0 Å². The molecule has 2 aliphatic rings. The van der Waals surface area contributed by atoms with Crippen LogP contribution in [0.15, 0.2) is 17.4 Å². The predicted octanol–water partition coefficient (Wildman–Crippen LogP) is 4.20.